The molecule has 7 aromatic rings. The number of ether oxygens (including phenoxy) is 7. The first-order valence-corrected chi connectivity index (χ1v) is 33.4. The minimum Gasteiger partial charge on any atom is -0.492 e. The van der Waals surface area contributed by atoms with E-state index in [9.17, 15) is 48.3 Å². The summed E-state index contributed by atoms with van der Waals surface area (Å²) >= 11 is 0. The number of H-pyrrole nitrogens is 1. The molecule has 9 rings (SSSR count). The summed E-state index contributed by atoms with van der Waals surface area (Å²) in [5.41, 5.74) is 9.85. The predicted octanol–water partition coefficient (Wildman–Crippen LogP) is 5.77. The Balaban J connectivity index is 0.708. The Labute approximate surface area is 588 Å². The third kappa shape index (κ3) is 21.3. The maximum Gasteiger partial charge on any atom is 0.415 e. The van der Waals surface area contributed by atoms with Crippen LogP contribution in [0, 0.1) is 0 Å². The third-order valence-electron chi connectivity index (χ3n) is 16.7. The van der Waals surface area contributed by atoms with E-state index in [1.165, 1.54) is 46.9 Å². The number of imide groups is 1. The first-order valence-electron chi connectivity index (χ1n) is 33.4. The number of anilines is 3. The van der Waals surface area contributed by atoms with Crippen molar-refractivity contribution in [3.8, 4) is 11.5 Å². The Bertz CT molecular complexity index is 4070. The first kappa shape index (κ1) is 75.2. The number of aliphatic hydroxyl groups excluding tert-OH is 1. The topological polar surface area (TPSA) is 375 Å². The number of fused-ring (bicyclic) bond motifs is 4. The van der Waals surface area contributed by atoms with Gasteiger partial charge in [-0.15, -0.1) is 5.10 Å². The van der Waals surface area contributed by atoms with Gasteiger partial charge in [-0.05, 0) is 105 Å². The standard InChI is InChI=1S/C71H86N14O17/c1-46(86)54-43-85(67(91)58-41-49-40-51(22-23-55(49)74-58)98-34-29-80(2)3)59-42-60(52-15-9-10-16-53(52)64(54)59)102-71(95)82(5)28-27-81(4)70(94)101-45-48-18-20-50(21-19-48)73-65(89)56(17-11-12-26-72)75-66(90)57(39-47-13-7-6-8-14-47)76-68(92)99-37-35-96-32-30-83-44-61(78-79-83)77-69(93)100-38-36-97-33-31-84-62(87)24-25-63(84)88/h6-10,13-16,18-25,40-42,44,46,54,56-57,74,86H,11-12,17,26-39,43,45,72H2,1-5H3,(H,73,89)(H,75,90)(H,76,92)(H,77,93)/t46-,54+,56+,57+/m1/s1. The van der Waals surface area contributed by atoms with Gasteiger partial charge >= 0.3 is 24.4 Å². The summed E-state index contributed by atoms with van der Waals surface area (Å²) in [6, 6.07) is 29.7. The molecule has 0 unspecified atom stereocenters. The number of nitrogens with one attached hydrogen (secondary N) is 5. The molecule has 2 aliphatic heterocycles. The number of alkyl carbamates (subject to hydrolysis) is 1. The van der Waals surface area contributed by atoms with Crippen LogP contribution in [0.15, 0.2) is 128 Å². The largest absolute Gasteiger partial charge is 0.492 e. The fourth-order valence-corrected chi connectivity index (χ4v) is 11.1. The summed E-state index contributed by atoms with van der Waals surface area (Å²) in [4.78, 5) is 129. The summed E-state index contributed by atoms with van der Waals surface area (Å²) in [7, 11) is 7.00. The van der Waals surface area contributed by atoms with E-state index in [2.05, 4.69) is 36.6 Å². The summed E-state index contributed by atoms with van der Waals surface area (Å²) < 4.78 is 40.4. The Hall–Kier alpha value is -11.0. The molecule has 0 fully saturated rings. The van der Waals surface area contributed by atoms with Crippen LogP contribution in [-0.4, -0.2) is 230 Å². The molecule has 4 atom stereocenters. The molecule has 0 bridgehead atoms. The molecule has 0 aliphatic carbocycles. The highest BCUT2D eigenvalue weighted by Gasteiger charge is 2.39. The fourth-order valence-electron chi connectivity index (χ4n) is 11.1. The molecule has 31 nitrogen and oxygen atoms in total. The maximum atomic E-state index is 14.5. The number of unbranched alkanes of at least 4 members (excludes halogenated alkanes) is 1. The quantitative estimate of drug-likeness (QED) is 0.0139. The van der Waals surface area contributed by atoms with Gasteiger partial charge in [0, 0.05) is 92.8 Å². The number of rotatable bonds is 36. The number of hydrogen-bond donors (Lipinski definition) is 7. The first-order chi connectivity index (χ1) is 49.2. The maximum absolute atomic E-state index is 14.5. The van der Waals surface area contributed by atoms with Crippen molar-refractivity contribution in [3.63, 3.8) is 0 Å². The second-order valence-electron chi connectivity index (χ2n) is 24.5. The molecule has 0 saturated carbocycles. The van der Waals surface area contributed by atoms with Gasteiger partial charge in [-0.25, -0.2) is 23.9 Å². The van der Waals surface area contributed by atoms with E-state index in [1.807, 2.05) is 67.5 Å². The molecule has 0 radical (unpaired) electrons. The van der Waals surface area contributed by atoms with Gasteiger partial charge < -0.3 is 84.5 Å². The minimum atomic E-state index is -1.16. The Morgan fingerprint density at radius 1 is 0.686 bits per heavy atom. The normalized spacial score (nSPS) is 14.1. The highest BCUT2D eigenvalue weighted by Crippen LogP contribution is 2.47. The average Bonchev–Trinajstić information content (AvgIpc) is 1.57. The molecular weight excluding hydrogens is 1320 g/mol. The zero-order valence-corrected chi connectivity index (χ0v) is 57.5. The number of hydrogen-bond acceptors (Lipinski definition) is 21. The number of aromatic amines is 1. The smallest absolute Gasteiger partial charge is 0.415 e. The van der Waals surface area contributed by atoms with Crippen molar-refractivity contribution in [1.29, 1.82) is 0 Å². The van der Waals surface area contributed by atoms with E-state index >= 15 is 0 Å². The van der Waals surface area contributed by atoms with Crippen molar-refractivity contribution >= 4 is 92.8 Å². The highest BCUT2D eigenvalue weighted by molar-refractivity contribution is 6.13. The van der Waals surface area contributed by atoms with E-state index in [0.717, 1.165) is 38.9 Å². The summed E-state index contributed by atoms with van der Waals surface area (Å²) in [5, 5.41) is 31.7. The van der Waals surface area contributed by atoms with Crippen molar-refractivity contribution in [2.45, 2.75) is 69.9 Å². The summed E-state index contributed by atoms with van der Waals surface area (Å²) in [6.07, 6.45) is 1.25. The number of likely N-dealkylation sites (N-methyl/N-ethyl adjacent to an activating group) is 3. The van der Waals surface area contributed by atoms with E-state index < -0.39 is 72.1 Å². The highest BCUT2D eigenvalue weighted by atomic mass is 16.6. The van der Waals surface area contributed by atoms with Crippen LogP contribution in [0.2, 0.25) is 0 Å². The van der Waals surface area contributed by atoms with E-state index in [0.29, 0.717) is 59.8 Å². The van der Waals surface area contributed by atoms with Gasteiger partial charge in [0.1, 0.15) is 55.7 Å². The number of benzene rings is 5. The van der Waals surface area contributed by atoms with Gasteiger partial charge in [0.15, 0.2) is 5.82 Å². The molecule has 8 N–H and O–H groups in total. The van der Waals surface area contributed by atoms with Crippen LogP contribution in [0.25, 0.3) is 21.7 Å². The Morgan fingerprint density at radius 3 is 2.08 bits per heavy atom. The van der Waals surface area contributed by atoms with Crippen molar-refractivity contribution in [2.75, 3.05) is 129 Å². The molecular formula is C71H86N14O17. The zero-order valence-electron chi connectivity index (χ0n) is 57.5. The lowest BCUT2D eigenvalue weighted by Crippen LogP contribution is -2.53. The summed E-state index contributed by atoms with van der Waals surface area (Å²) in [6.45, 7) is 3.68. The van der Waals surface area contributed by atoms with E-state index in [1.54, 1.807) is 72.5 Å². The lowest BCUT2D eigenvalue weighted by atomic mass is 9.91. The molecule has 4 heterocycles. The van der Waals surface area contributed by atoms with Crippen LogP contribution >= 0.6 is 0 Å². The van der Waals surface area contributed by atoms with Crippen LogP contribution in [0.5, 0.6) is 11.5 Å². The second-order valence-corrected chi connectivity index (χ2v) is 24.5. The van der Waals surface area contributed by atoms with Gasteiger partial charge in [0.25, 0.3) is 17.7 Å². The minimum absolute atomic E-state index is 0.0184. The van der Waals surface area contributed by atoms with Gasteiger partial charge in [-0.1, -0.05) is 71.9 Å². The van der Waals surface area contributed by atoms with Gasteiger partial charge in [0.05, 0.1) is 57.5 Å². The third-order valence-corrected chi connectivity index (χ3v) is 16.7. The number of carbonyl (C=O) groups excluding carboxylic acids is 9. The van der Waals surface area contributed by atoms with Crippen LogP contribution < -0.4 is 41.4 Å². The monoisotopic (exact) mass is 1410 g/mol. The van der Waals surface area contributed by atoms with Crippen LogP contribution in [-0.2, 0) is 62.4 Å². The number of aromatic nitrogens is 4. The van der Waals surface area contributed by atoms with Crippen molar-refractivity contribution in [1.82, 2.24) is 50.2 Å². The van der Waals surface area contributed by atoms with Crippen LogP contribution in [0.4, 0.5) is 36.4 Å². The SMILES string of the molecule is C[C@@H](O)[C@@H]1CN(C(=O)c2cc3cc(OCCN(C)C)ccc3[nH]2)c2cc(OC(=O)N(C)CCN(C)C(=O)OCc3ccc(NC(=O)[C@H](CCCCN)NC(=O)[C@H](Cc4ccccc4)NC(=O)OCCOCCn4cc(NC(=O)OCCOCCN5C(=O)C=CC5=O)nn4)cc3)c3ccccc3c21. The summed E-state index contributed by atoms with van der Waals surface area (Å²) in [5.74, 6) is -1.79. The Morgan fingerprint density at radius 2 is 1.37 bits per heavy atom. The lowest BCUT2D eigenvalue weighted by Gasteiger charge is -2.23. The van der Waals surface area contributed by atoms with E-state index in [-0.39, 0.29) is 109 Å². The number of nitrogens with zero attached hydrogens (tertiary/aromatic N) is 8. The van der Waals surface area contributed by atoms with Crippen molar-refractivity contribution in [3.05, 3.63) is 150 Å². The molecule has 0 spiro atoms. The van der Waals surface area contributed by atoms with Crippen molar-refractivity contribution in [2.24, 2.45) is 5.73 Å². The number of nitrogens with two attached hydrogens (primary N) is 1. The number of aliphatic hydroxyl groups is 1. The molecule has 542 valence electrons. The van der Waals surface area contributed by atoms with Crippen LogP contribution in [0.1, 0.15) is 59.3 Å². The molecule has 5 aromatic carbocycles. The van der Waals surface area contributed by atoms with Crippen LogP contribution in [0.3, 0.4) is 0 Å². The molecule has 31 heteroatoms. The van der Waals surface area contributed by atoms with Gasteiger partial charge in [-0.3, -0.25) is 34.2 Å². The lowest BCUT2D eigenvalue weighted by molar-refractivity contribution is -0.137. The molecule has 2 aromatic heterocycles. The zero-order chi connectivity index (χ0) is 72.7. The Kier molecular flexibility index (Phi) is 27.2. The average molecular weight is 1410 g/mol. The number of carbonyl (C=O) groups is 9. The second kappa shape index (κ2) is 36.9. The number of amides is 9. The molecule has 102 heavy (non-hydrogen) atoms. The fraction of sp³-hybridized carbons (Fsp3) is 0.394. The van der Waals surface area contributed by atoms with Crippen molar-refractivity contribution < 1.29 is 81.4 Å². The van der Waals surface area contributed by atoms with Gasteiger partial charge in [-0.2, -0.15) is 0 Å². The predicted molar refractivity (Wildman–Crippen MR) is 375 cm³/mol. The molecule has 9 amide bonds. The van der Waals surface area contributed by atoms with E-state index in [4.69, 9.17) is 38.9 Å². The molecule has 0 saturated heterocycles. The molecule has 2 aliphatic rings. The van der Waals surface area contributed by atoms with Gasteiger partial charge in [0.2, 0.25) is 11.8 Å².